The van der Waals surface area contributed by atoms with Crippen LogP contribution in [0.4, 0.5) is 0 Å². The van der Waals surface area contributed by atoms with Crippen molar-refractivity contribution in [1.29, 1.82) is 0 Å². The summed E-state index contributed by atoms with van der Waals surface area (Å²) in [5, 5.41) is 0. The van der Waals surface area contributed by atoms with E-state index in [0.29, 0.717) is 43.0 Å². The number of allylic oxidation sites excluding steroid dienone is 1. The molecule has 4 aliphatic rings. The van der Waals surface area contributed by atoms with Gasteiger partial charge in [0.25, 0.3) is 0 Å². The molecule has 4 aliphatic carbocycles. The first kappa shape index (κ1) is 17.9. The van der Waals surface area contributed by atoms with Crippen LogP contribution < -0.4 is 0 Å². The van der Waals surface area contributed by atoms with Crippen LogP contribution >= 0.6 is 0 Å². The minimum atomic E-state index is -0.259. The van der Waals surface area contributed by atoms with Crippen molar-refractivity contribution in [3.05, 3.63) is 11.6 Å². The van der Waals surface area contributed by atoms with Crippen molar-refractivity contribution >= 4 is 17.5 Å². The van der Waals surface area contributed by atoms with Gasteiger partial charge in [0.2, 0.25) is 0 Å². The number of rotatable bonds is 2. The summed E-state index contributed by atoms with van der Waals surface area (Å²) in [5.74, 6) is 1.89. The lowest BCUT2D eigenvalue weighted by molar-refractivity contribution is -0.144. The quantitative estimate of drug-likeness (QED) is 0.703. The maximum absolute atomic E-state index is 12.9. The second-order valence-electron chi connectivity index (χ2n) is 9.53. The third kappa shape index (κ3) is 2.51. The van der Waals surface area contributed by atoms with Crippen LogP contribution in [0.2, 0.25) is 0 Å². The monoisotopic (exact) mass is 358 g/mol. The van der Waals surface area contributed by atoms with E-state index in [-0.39, 0.29) is 28.5 Å². The molecule has 0 bridgehead atoms. The normalized spacial score (nSPS) is 44.7. The first-order chi connectivity index (χ1) is 12.3. The van der Waals surface area contributed by atoms with E-state index >= 15 is 0 Å². The summed E-state index contributed by atoms with van der Waals surface area (Å²) < 4.78 is 5.35. The first-order valence-electron chi connectivity index (χ1n) is 10.2. The van der Waals surface area contributed by atoms with Gasteiger partial charge in [0, 0.05) is 31.1 Å². The molecule has 4 rings (SSSR count). The maximum Gasteiger partial charge on any atom is 0.302 e. The number of hydrogen-bond donors (Lipinski definition) is 0. The van der Waals surface area contributed by atoms with Crippen LogP contribution in [-0.4, -0.2) is 24.1 Å². The van der Waals surface area contributed by atoms with Crippen LogP contribution in [0.3, 0.4) is 0 Å². The number of esters is 1. The SMILES string of the molecule is CC(=O)OC[C@H]1CC(=O)[C@@]2(C)CC[C@H]3[C@@H](CCC4=CC(=O)CC[C@@]43C)[C@H]12. The average Bonchev–Trinajstić information content (AvgIpc) is 2.84. The molecule has 6 atom stereocenters. The minimum Gasteiger partial charge on any atom is -0.466 e. The van der Waals surface area contributed by atoms with Crippen LogP contribution in [0.25, 0.3) is 0 Å². The van der Waals surface area contributed by atoms with Gasteiger partial charge in [0.1, 0.15) is 5.78 Å². The van der Waals surface area contributed by atoms with Crippen molar-refractivity contribution in [3.8, 4) is 0 Å². The highest BCUT2D eigenvalue weighted by molar-refractivity contribution is 5.91. The lowest BCUT2D eigenvalue weighted by Gasteiger charge is -2.57. The van der Waals surface area contributed by atoms with Gasteiger partial charge >= 0.3 is 5.97 Å². The van der Waals surface area contributed by atoms with Gasteiger partial charge in [-0.05, 0) is 61.3 Å². The number of carbonyl (C=O) groups excluding carboxylic acids is 3. The fraction of sp³-hybridized carbons (Fsp3) is 0.773. The summed E-state index contributed by atoms with van der Waals surface area (Å²) in [4.78, 5) is 36.1. The van der Waals surface area contributed by atoms with Crippen LogP contribution in [0.1, 0.15) is 65.7 Å². The number of Topliss-reactive ketones (excluding diaryl/α,β-unsaturated/α-hetero) is 1. The topological polar surface area (TPSA) is 60.4 Å². The summed E-state index contributed by atoms with van der Waals surface area (Å²) in [7, 11) is 0. The summed E-state index contributed by atoms with van der Waals surface area (Å²) in [5.41, 5.74) is 1.20. The molecule has 4 heteroatoms. The van der Waals surface area contributed by atoms with Crippen molar-refractivity contribution in [2.24, 2.45) is 34.5 Å². The highest BCUT2D eigenvalue weighted by Crippen LogP contribution is 2.65. The molecule has 0 spiro atoms. The molecule has 0 aliphatic heterocycles. The fourth-order valence-corrected chi connectivity index (χ4v) is 6.99. The Balaban J connectivity index is 1.66. The Morgan fingerprint density at radius 2 is 1.92 bits per heavy atom. The van der Waals surface area contributed by atoms with Crippen LogP contribution in [0.15, 0.2) is 11.6 Å². The third-order valence-electron chi connectivity index (χ3n) is 8.31. The van der Waals surface area contributed by atoms with Crippen molar-refractivity contribution in [2.75, 3.05) is 6.61 Å². The smallest absolute Gasteiger partial charge is 0.302 e. The average molecular weight is 358 g/mol. The molecular weight excluding hydrogens is 328 g/mol. The molecule has 0 radical (unpaired) electrons. The highest BCUT2D eigenvalue weighted by Gasteiger charge is 2.62. The summed E-state index contributed by atoms with van der Waals surface area (Å²) in [6.07, 6.45) is 8.12. The molecule has 26 heavy (non-hydrogen) atoms. The summed E-state index contributed by atoms with van der Waals surface area (Å²) in [6.45, 7) is 6.32. The number of carbonyl (C=O) groups is 3. The third-order valence-corrected chi connectivity index (χ3v) is 8.31. The Morgan fingerprint density at radius 3 is 2.65 bits per heavy atom. The standard InChI is InChI=1S/C22H30O4/c1-13(23)26-12-14-10-19(25)22(3)9-7-18-17(20(14)22)5-4-15-11-16(24)6-8-21(15,18)2/h11,14,17-18,20H,4-10,12H2,1-3H3/t14-,17-,18+,20+,21+,22-/m1/s1. The second-order valence-corrected chi connectivity index (χ2v) is 9.53. The molecule has 3 fully saturated rings. The Hall–Kier alpha value is -1.45. The predicted octanol–water partition coefficient (Wildman–Crippen LogP) is 3.88. The number of ketones is 2. The Kier molecular flexibility index (Phi) is 4.16. The molecule has 0 aromatic carbocycles. The summed E-state index contributed by atoms with van der Waals surface area (Å²) >= 11 is 0. The van der Waals surface area contributed by atoms with E-state index in [1.165, 1.54) is 12.5 Å². The molecule has 0 heterocycles. The van der Waals surface area contributed by atoms with Gasteiger partial charge < -0.3 is 4.74 Å². The van der Waals surface area contributed by atoms with Gasteiger partial charge in [-0.2, -0.15) is 0 Å². The zero-order valence-electron chi connectivity index (χ0n) is 16.2. The zero-order chi connectivity index (χ0) is 18.7. The van der Waals surface area contributed by atoms with E-state index in [9.17, 15) is 14.4 Å². The van der Waals surface area contributed by atoms with E-state index < -0.39 is 0 Å². The number of ether oxygens (including phenoxy) is 1. The van der Waals surface area contributed by atoms with E-state index in [4.69, 9.17) is 4.74 Å². The van der Waals surface area contributed by atoms with Crippen molar-refractivity contribution in [1.82, 2.24) is 0 Å². The van der Waals surface area contributed by atoms with Crippen molar-refractivity contribution < 1.29 is 19.1 Å². The van der Waals surface area contributed by atoms with Crippen LogP contribution in [0, 0.1) is 34.5 Å². The number of fused-ring (bicyclic) bond motifs is 5. The van der Waals surface area contributed by atoms with Gasteiger partial charge in [0.05, 0.1) is 6.61 Å². The van der Waals surface area contributed by atoms with E-state index in [2.05, 4.69) is 13.8 Å². The van der Waals surface area contributed by atoms with Gasteiger partial charge in [-0.1, -0.05) is 19.4 Å². The largest absolute Gasteiger partial charge is 0.466 e. The second kappa shape index (κ2) is 6.03. The molecule has 3 saturated carbocycles. The van der Waals surface area contributed by atoms with Crippen LogP contribution in [-0.2, 0) is 19.1 Å². The van der Waals surface area contributed by atoms with Crippen LogP contribution in [0.5, 0.6) is 0 Å². The van der Waals surface area contributed by atoms with Gasteiger partial charge in [-0.25, -0.2) is 0 Å². The molecule has 0 aromatic heterocycles. The first-order valence-corrected chi connectivity index (χ1v) is 10.2. The Bertz CT molecular complexity index is 692. The van der Waals surface area contributed by atoms with E-state index in [1.807, 2.05) is 6.08 Å². The van der Waals surface area contributed by atoms with Gasteiger partial charge in [0.15, 0.2) is 5.78 Å². The zero-order valence-corrected chi connectivity index (χ0v) is 16.2. The predicted molar refractivity (Wildman–Crippen MR) is 97.2 cm³/mol. The lowest BCUT2D eigenvalue weighted by atomic mass is 9.47. The molecule has 142 valence electrons. The van der Waals surface area contributed by atoms with E-state index in [1.54, 1.807) is 0 Å². The number of hydrogen-bond acceptors (Lipinski definition) is 4. The molecular formula is C22H30O4. The maximum atomic E-state index is 12.9. The minimum absolute atomic E-state index is 0.107. The van der Waals surface area contributed by atoms with Crippen molar-refractivity contribution in [3.63, 3.8) is 0 Å². The Morgan fingerprint density at radius 1 is 1.15 bits per heavy atom. The molecule has 0 amide bonds. The highest BCUT2D eigenvalue weighted by atomic mass is 16.5. The molecule has 0 N–H and O–H groups in total. The van der Waals surface area contributed by atoms with Gasteiger partial charge in [-0.3, -0.25) is 14.4 Å². The molecule has 0 unspecified atom stereocenters. The fourth-order valence-electron chi connectivity index (χ4n) is 6.99. The lowest BCUT2D eigenvalue weighted by Crippen LogP contribution is -2.52. The van der Waals surface area contributed by atoms with E-state index in [0.717, 1.165) is 32.1 Å². The van der Waals surface area contributed by atoms with Gasteiger partial charge in [-0.15, -0.1) is 0 Å². The molecule has 0 aromatic rings. The molecule has 0 saturated heterocycles. The Labute approximate surface area is 155 Å². The van der Waals surface area contributed by atoms with Crippen molar-refractivity contribution in [2.45, 2.75) is 65.7 Å². The summed E-state index contributed by atoms with van der Waals surface area (Å²) in [6, 6.07) is 0. The molecule has 4 nitrogen and oxygen atoms in total.